The average molecular weight is 541 g/mol. The van der Waals surface area contributed by atoms with Crippen LogP contribution in [0.4, 0.5) is 5.69 Å². The Labute approximate surface area is 227 Å². The fourth-order valence-corrected chi connectivity index (χ4v) is 7.39. The zero-order valence-corrected chi connectivity index (χ0v) is 22.6. The lowest BCUT2D eigenvalue weighted by atomic mass is 9.74. The summed E-state index contributed by atoms with van der Waals surface area (Å²) in [6.45, 7) is 10.8. The molecule has 38 heavy (non-hydrogen) atoms. The van der Waals surface area contributed by atoms with Crippen LogP contribution in [0, 0.1) is 11.3 Å². The number of carboxylic acids is 1. The van der Waals surface area contributed by atoms with Crippen molar-refractivity contribution in [1.29, 1.82) is 5.26 Å². The summed E-state index contributed by atoms with van der Waals surface area (Å²) in [4.78, 5) is 30.2. The molecule has 1 N–H and O–H groups in total. The predicted octanol–water partition coefficient (Wildman–Crippen LogP) is 7.15. The third-order valence-corrected chi connectivity index (χ3v) is 9.81. The van der Waals surface area contributed by atoms with E-state index in [9.17, 15) is 9.59 Å². The second-order valence-corrected chi connectivity index (χ2v) is 12.5. The van der Waals surface area contributed by atoms with E-state index in [1.807, 2.05) is 24.3 Å². The van der Waals surface area contributed by atoms with Gasteiger partial charge in [0.25, 0.3) is 0 Å². The predicted molar refractivity (Wildman–Crippen MR) is 154 cm³/mol. The van der Waals surface area contributed by atoms with Crippen LogP contribution < -0.4 is 10.5 Å². The van der Waals surface area contributed by atoms with Crippen LogP contribution in [0.1, 0.15) is 42.7 Å². The van der Waals surface area contributed by atoms with E-state index in [-0.39, 0.29) is 16.6 Å². The first-order chi connectivity index (χ1) is 18.2. The molecule has 0 atom stereocenters. The molecule has 190 valence electrons. The number of fused-ring (bicyclic) bond motifs is 2. The Bertz CT molecular complexity index is 1790. The van der Waals surface area contributed by atoms with Crippen LogP contribution in [0.15, 0.2) is 57.8 Å². The zero-order valence-electron chi connectivity index (χ0n) is 21.0. The maximum absolute atomic E-state index is 13.3. The first-order valence-corrected chi connectivity index (χ1v) is 13.9. The molecule has 0 unspecified atom stereocenters. The van der Waals surface area contributed by atoms with Gasteiger partial charge in [-0.15, -0.1) is 22.7 Å². The van der Waals surface area contributed by atoms with Gasteiger partial charge in [0.1, 0.15) is 17.2 Å². The number of rotatable bonds is 4. The maximum Gasteiger partial charge on any atom is 0.346 e. The second kappa shape index (κ2) is 8.83. The molecule has 5 heterocycles. The first kappa shape index (κ1) is 24.4. The molecule has 6 nitrogen and oxygen atoms in total. The molecule has 6 rings (SSSR count). The molecule has 4 aromatic rings. The van der Waals surface area contributed by atoms with Crippen molar-refractivity contribution in [2.45, 2.75) is 32.1 Å². The van der Waals surface area contributed by atoms with Crippen LogP contribution in [0.5, 0.6) is 0 Å². The molecule has 0 saturated carbocycles. The van der Waals surface area contributed by atoms with Gasteiger partial charge in [-0.05, 0) is 71.9 Å². The van der Waals surface area contributed by atoms with Gasteiger partial charge in [0.2, 0.25) is 0 Å². The Hall–Kier alpha value is -3.93. The molecule has 3 aromatic heterocycles. The van der Waals surface area contributed by atoms with Crippen molar-refractivity contribution in [3.05, 3.63) is 75.0 Å². The molecule has 2 aliphatic heterocycles. The standard InChI is InChI=1S/C30H24N2O4S2/c1-16-8-10-32-11-9-30(2,3)21-14-17-13-20(29(35)36-27(17)25(16)26(21)32)22-6-7-24(38-22)23-5-4-19(37-23)12-18(15-31)28(33)34/h4-7,12-14H,1,8-11H2,2-3H3,(H,33,34)/b18-12-. The van der Waals surface area contributed by atoms with Gasteiger partial charge in [0, 0.05) is 43.5 Å². The van der Waals surface area contributed by atoms with Crippen molar-refractivity contribution < 1.29 is 14.3 Å². The Kier molecular flexibility index (Phi) is 5.67. The molecule has 8 heteroatoms. The van der Waals surface area contributed by atoms with Crippen LogP contribution in [0.2, 0.25) is 0 Å². The fraction of sp³-hybridized carbons (Fsp3) is 0.233. The summed E-state index contributed by atoms with van der Waals surface area (Å²) in [5, 5.41) is 19.1. The Morgan fingerprint density at radius 1 is 1.16 bits per heavy atom. The van der Waals surface area contributed by atoms with Gasteiger partial charge in [-0.2, -0.15) is 5.26 Å². The van der Waals surface area contributed by atoms with Crippen LogP contribution in [0.3, 0.4) is 0 Å². The molecular formula is C30H24N2O4S2. The molecule has 0 radical (unpaired) electrons. The molecule has 0 bridgehead atoms. The van der Waals surface area contributed by atoms with Gasteiger partial charge in [-0.3, -0.25) is 0 Å². The number of carbonyl (C=O) groups is 1. The lowest BCUT2D eigenvalue weighted by Gasteiger charge is -2.44. The van der Waals surface area contributed by atoms with Gasteiger partial charge in [0.15, 0.2) is 0 Å². The highest BCUT2D eigenvalue weighted by molar-refractivity contribution is 7.24. The minimum atomic E-state index is -1.25. The third-order valence-electron chi connectivity index (χ3n) is 7.46. The lowest BCUT2D eigenvalue weighted by molar-refractivity contribution is -0.132. The number of carboxylic acid groups (broad SMARTS) is 1. The first-order valence-electron chi connectivity index (χ1n) is 12.3. The SMILES string of the molecule is C=C1CCN2CCC(C)(C)c3cc4cc(-c5ccc(-c6ccc(/C=C(/C#N)C(=O)O)s6)s5)c(=O)oc4c1c32. The van der Waals surface area contributed by atoms with E-state index in [1.165, 1.54) is 40.0 Å². The number of nitriles is 1. The van der Waals surface area contributed by atoms with Gasteiger partial charge < -0.3 is 14.4 Å². The highest BCUT2D eigenvalue weighted by Gasteiger charge is 2.37. The van der Waals surface area contributed by atoms with E-state index in [2.05, 4.69) is 31.4 Å². The Morgan fingerprint density at radius 3 is 2.66 bits per heavy atom. The third kappa shape index (κ3) is 3.90. The lowest BCUT2D eigenvalue weighted by Crippen LogP contribution is -2.40. The largest absolute Gasteiger partial charge is 0.477 e. The average Bonchev–Trinajstić information content (AvgIpc) is 3.55. The summed E-state index contributed by atoms with van der Waals surface area (Å²) in [6.07, 6.45) is 3.29. The van der Waals surface area contributed by atoms with Crippen LogP contribution >= 0.6 is 22.7 Å². The van der Waals surface area contributed by atoms with Gasteiger partial charge in [-0.25, -0.2) is 9.59 Å². The molecule has 0 spiro atoms. The molecule has 0 fully saturated rings. The van der Waals surface area contributed by atoms with Crippen molar-refractivity contribution in [2.75, 3.05) is 18.0 Å². The van der Waals surface area contributed by atoms with E-state index in [0.29, 0.717) is 16.0 Å². The summed E-state index contributed by atoms with van der Waals surface area (Å²) < 4.78 is 6.03. The highest BCUT2D eigenvalue weighted by Crippen LogP contribution is 2.49. The number of hydrogen-bond donors (Lipinski definition) is 1. The summed E-state index contributed by atoms with van der Waals surface area (Å²) in [5.41, 5.74) is 4.89. The summed E-state index contributed by atoms with van der Waals surface area (Å²) in [6, 6.07) is 13.4. The van der Waals surface area contributed by atoms with Crippen molar-refractivity contribution in [3.8, 4) is 26.3 Å². The van der Waals surface area contributed by atoms with Crippen LogP contribution in [0.25, 0.3) is 42.8 Å². The van der Waals surface area contributed by atoms with E-state index in [0.717, 1.165) is 57.1 Å². The van der Waals surface area contributed by atoms with E-state index >= 15 is 0 Å². The van der Waals surface area contributed by atoms with Gasteiger partial charge in [0.05, 0.1) is 11.3 Å². The zero-order chi connectivity index (χ0) is 26.8. The fourth-order valence-electron chi connectivity index (χ4n) is 5.34. The molecule has 0 aliphatic carbocycles. The van der Waals surface area contributed by atoms with Crippen LogP contribution in [-0.2, 0) is 10.2 Å². The summed E-state index contributed by atoms with van der Waals surface area (Å²) in [5.74, 6) is -1.25. The monoisotopic (exact) mass is 540 g/mol. The maximum atomic E-state index is 13.3. The quantitative estimate of drug-likeness (QED) is 0.168. The van der Waals surface area contributed by atoms with Crippen molar-refractivity contribution >= 4 is 56.9 Å². The van der Waals surface area contributed by atoms with Gasteiger partial charge >= 0.3 is 11.6 Å². The number of thiophene rings is 2. The molecule has 2 aliphatic rings. The van der Waals surface area contributed by atoms with E-state index < -0.39 is 5.97 Å². The summed E-state index contributed by atoms with van der Waals surface area (Å²) in [7, 11) is 0. The van der Waals surface area contributed by atoms with Crippen molar-refractivity contribution in [1.82, 2.24) is 0 Å². The number of nitrogens with zero attached hydrogens (tertiary/aromatic N) is 2. The summed E-state index contributed by atoms with van der Waals surface area (Å²) >= 11 is 2.87. The normalized spacial score (nSPS) is 16.4. The Morgan fingerprint density at radius 2 is 1.89 bits per heavy atom. The molecule has 0 saturated heterocycles. The van der Waals surface area contributed by atoms with Crippen molar-refractivity contribution in [2.24, 2.45) is 0 Å². The highest BCUT2D eigenvalue weighted by atomic mass is 32.1. The second-order valence-electron chi connectivity index (χ2n) is 10.3. The number of anilines is 1. The number of hydrogen-bond acceptors (Lipinski definition) is 7. The number of aliphatic carboxylic acids is 1. The molecular weight excluding hydrogens is 516 g/mol. The molecule has 1 aromatic carbocycles. The molecule has 0 amide bonds. The van der Waals surface area contributed by atoms with Crippen molar-refractivity contribution in [3.63, 3.8) is 0 Å². The van der Waals surface area contributed by atoms with Crippen LogP contribution in [-0.4, -0.2) is 24.2 Å². The number of benzene rings is 1. The van der Waals surface area contributed by atoms with Gasteiger partial charge in [-0.1, -0.05) is 20.4 Å². The minimum absolute atomic E-state index is 0.0101. The van der Waals surface area contributed by atoms with E-state index in [4.69, 9.17) is 14.8 Å². The smallest absolute Gasteiger partial charge is 0.346 e. The topological polar surface area (TPSA) is 94.5 Å². The Balaban J connectivity index is 1.44. The van der Waals surface area contributed by atoms with E-state index in [1.54, 1.807) is 12.1 Å². The minimum Gasteiger partial charge on any atom is -0.477 e.